The van der Waals surface area contributed by atoms with Crippen molar-refractivity contribution in [2.24, 2.45) is 7.05 Å². The van der Waals surface area contributed by atoms with Gasteiger partial charge in [0.1, 0.15) is 0 Å². The molecule has 0 saturated carbocycles. The Morgan fingerprint density at radius 3 is 2.71 bits per heavy atom. The van der Waals surface area contributed by atoms with Gasteiger partial charge in [-0.25, -0.2) is 0 Å². The molecule has 7 heavy (non-hydrogen) atoms. The third-order valence-corrected chi connectivity index (χ3v) is 0.717. The van der Waals surface area contributed by atoms with Gasteiger partial charge in [-0.3, -0.25) is 4.68 Å². The van der Waals surface area contributed by atoms with Crippen molar-refractivity contribution in [3.05, 3.63) is 6.20 Å². The molecule has 36 valence electrons. The first kappa shape index (κ1) is 4.37. The van der Waals surface area contributed by atoms with E-state index in [9.17, 15) is 0 Å². The van der Waals surface area contributed by atoms with Crippen molar-refractivity contribution < 1.29 is 0 Å². The first-order valence-corrected chi connectivity index (χ1v) is 2.12. The van der Waals surface area contributed by atoms with Crippen LogP contribution in [0, 0.1) is 0 Å². The number of hydrogen-bond acceptors (Lipinski definition) is 2. The Balaban J connectivity index is 3.04. The zero-order valence-electron chi connectivity index (χ0n) is 4.42. The Bertz CT molecular complexity index is 142. The summed E-state index contributed by atoms with van der Waals surface area (Å²) in [5.41, 5.74) is 0.961. The van der Waals surface area contributed by atoms with Gasteiger partial charge in [-0.2, -0.15) is 0 Å². The number of rotatable bonds is 0. The van der Waals surface area contributed by atoms with Crippen molar-refractivity contribution in [1.82, 2.24) is 15.0 Å². The molecule has 0 saturated heterocycles. The molecular formula is C3H6BN3. The van der Waals surface area contributed by atoms with E-state index in [4.69, 9.17) is 0 Å². The van der Waals surface area contributed by atoms with Gasteiger partial charge < -0.3 is 0 Å². The Morgan fingerprint density at radius 2 is 2.57 bits per heavy atom. The molecular weight excluding hydrogens is 88.9 g/mol. The molecule has 0 aliphatic rings. The Morgan fingerprint density at radius 1 is 1.86 bits per heavy atom. The molecule has 0 unspecified atom stereocenters. The van der Waals surface area contributed by atoms with Crippen molar-refractivity contribution in [3.63, 3.8) is 0 Å². The summed E-state index contributed by atoms with van der Waals surface area (Å²) < 4.78 is 1.68. The fraction of sp³-hybridized carbons (Fsp3) is 0.333. The summed E-state index contributed by atoms with van der Waals surface area (Å²) >= 11 is 0. The quantitative estimate of drug-likeness (QED) is 0.351. The third kappa shape index (κ3) is 0.794. The average molecular weight is 94.9 g/mol. The number of nitrogens with zero attached hydrogens (tertiary/aromatic N) is 3. The molecule has 0 N–H and O–H groups in total. The van der Waals surface area contributed by atoms with Crippen molar-refractivity contribution in [3.8, 4) is 0 Å². The smallest absolute Gasteiger partial charge is 0.168 e. The molecule has 4 heteroatoms. The zero-order valence-corrected chi connectivity index (χ0v) is 4.42. The molecule has 1 aromatic heterocycles. The summed E-state index contributed by atoms with van der Waals surface area (Å²) in [4.78, 5) is 0. The average Bonchev–Trinajstić information content (AvgIpc) is 1.87. The fourth-order valence-corrected chi connectivity index (χ4v) is 0.463. The van der Waals surface area contributed by atoms with Gasteiger partial charge in [0.15, 0.2) is 7.85 Å². The van der Waals surface area contributed by atoms with Crippen LogP contribution in [0.2, 0.25) is 0 Å². The first-order chi connectivity index (χ1) is 3.29. The molecule has 0 radical (unpaired) electrons. The van der Waals surface area contributed by atoms with Gasteiger partial charge >= 0.3 is 0 Å². The SMILES string of the molecule is Bc1cn(C)nn1. The molecule has 0 atom stereocenters. The third-order valence-electron chi connectivity index (χ3n) is 0.717. The van der Waals surface area contributed by atoms with Crippen molar-refractivity contribution in [2.45, 2.75) is 0 Å². The lowest BCUT2D eigenvalue weighted by Crippen LogP contribution is -2.00. The predicted molar refractivity (Wildman–Crippen MR) is 29.2 cm³/mol. The van der Waals surface area contributed by atoms with Crippen LogP contribution in [0.1, 0.15) is 0 Å². The summed E-state index contributed by atoms with van der Waals surface area (Å²) in [5.74, 6) is 0. The van der Waals surface area contributed by atoms with Gasteiger partial charge in [-0.15, -0.1) is 5.10 Å². The van der Waals surface area contributed by atoms with E-state index in [-0.39, 0.29) is 0 Å². The van der Waals surface area contributed by atoms with Crippen LogP contribution in [0.25, 0.3) is 0 Å². The monoisotopic (exact) mass is 95.1 g/mol. The van der Waals surface area contributed by atoms with Crippen LogP contribution in [0.3, 0.4) is 0 Å². The molecule has 0 amide bonds. The first-order valence-electron chi connectivity index (χ1n) is 2.12. The number of hydrogen-bond donors (Lipinski definition) is 0. The molecule has 0 aliphatic heterocycles. The summed E-state index contributed by atoms with van der Waals surface area (Å²) in [5, 5.41) is 7.41. The molecule has 0 fully saturated rings. The maximum Gasteiger partial charge on any atom is 0.168 e. The standard InChI is InChI=1S/C3H6BN3/c1-7-2-3(4)5-6-7/h2H,4H2,1H3. The normalized spacial score (nSPS) is 9.29. The van der Waals surface area contributed by atoms with Crippen molar-refractivity contribution >= 4 is 13.4 Å². The Labute approximate surface area is 42.7 Å². The lowest BCUT2D eigenvalue weighted by atomic mass is 10.1. The molecule has 0 aliphatic carbocycles. The summed E-state index contributed by atoms with van der Waals surface area (Å²) in [6.07, 6.45) is 1.86. The largest absolute Gasteiger partial charge is 0.256 e. The van der Waals surface area contributed by atoms with Crippen LogP contribution < -0.4 is 5.59 Å². The summed E-state index contributed by atoms with van der Waals surface area (Å²) in [6, 6.07) is 0. The van der Waals surface area contributed by atoms with Crippen LogP contribution in [-0.2, 0) is 7.05 Å². The highest BCUT2D eigenvalue weighted by Crippen LogP contribution is 1.62. The van der Waals surface area contributed by atoms with Gasteiger partial charge in [0, 0.05) is 18.8 Å². The van der Waals surface area contributed by atoms with Gasteiger partial charge in [0.2, 0.25) is 0 Å². The van der Waals surface area contributed by atoms with Crippen molar-refractivity contribution in [2.75, 3.05) is 0 Å². The molecule has 0 aromatic carbocycles. The molecule has 1 heterocycles. The Kier molecular flexibility index (Phi) is 0.853. The Hall–Kier alpha value is -0.795. The van der Waals surface area contributed by atoms with E-state index in [0.717, 1.165) is 5.59 Å². The highest BCUT2D eigenvalue weighted by molar-refractivity contribution is 6.30. The van der Waals surface area contributed by atoms with Crippen LogP contribution >= 0.6 is 0 Å². The topological polar surface area (TPSA) is 30.7 Å². The minimum absolute atomic E-state index is 0.961. The molecule has 0 spiro atoms. The lowest BCUT2D eigenvalue weighted by molar-refractivity contribution is 0.715. The van der Waals surface area contributed by atoms with Crippen LogP contribution in [0.15, 0.2) is 6.20 Å². The van der Waals surface area contributed by atoms with Crippen LogP contribution in [-0.4, -0.2) is 22.8 Å². The maximum absolute atomic E-state index is 3.73. The van der Waals surface area contributed by atoms with E-state index in [1.807, 2.05) is 21.1 Å². The van der Waals surface area contributed by atoms with E-state index in [0.29, 0.717) is 0 Å². The molecule has 0 bridgehead atoms. The van der Waals surface area contributed by atoms with E-state index < -0.39 is 0 Å². The second-order valence-corrected chi connectivity index (χ2v) is 1.53. The van der Waals surface area contributed by atoms with E-state index in [1.165, 1.54) is 0 Å². The predicted octanol–water partition coefficient (Wildman–Crippen LogP) is -1.93. The highest BCUT2D eigenvalue weighted by atomic mass is 15.4. The lowest BCUT2D eigenvalue weighted by Gasteiger charge is -1.75. The minimum atomic E-state index is 0.961. The van der Waals surface area contributed by atoms with E-state index in [2.05, 4.69) is 10.3 Å². The summed E-state index contributed by atoms with van der Waals surface area (Å²) in [7, 11) is 3.76. The number of aryl methyl sites for hydroxylation is 1. The maximum atomic E-state index is 3.73. The minimum Gasteiger partial charge on any atom is -0.256 e. The van der Waals surface area contributed by atoms with Gasteiger partial charge in [-0.1, -0.05) is 5.21 Å². The highest BCUT2D eigenvalue weighted by Gasteiger charge is 1.83. The number of aromatic nitrogens is 3. The zero-order chi connectivity index (χ0) is 5.28. The van der Waals surface area contributed by atoms with Crippen LogP contribution in [0.5, 0.6) is 0 Å². The van der Waals surface area contributed by atoms with Crippen LogP contribution in [0.4, 0.5) is 0 Å². The van der Waals surface area contributed by atoms with Gasteiger partial charge in [-0.05, 0) is 0 Å². The molecule has 3 nitrogen and oxygen atoms in total. The van der Waals surface area contributed by atoms with E-state index >= 15 is 0 Å². The summed E-state index contributed by atoms with van der Waals surface area (Å²) in [6.45, 7) is 0. The van der Waals surface area contributed by atoms with E-state index in [1.54, 1.807) is 4.68 Å². The second kappa shape index (κ2) is 1.37. The second-order valence-electron chi connectivity index (χ2n) is 1.53. The van der Waals surface area contributed by atoms with Crippen molar-refractivity contribution in [1.29, 1.82) is 0 Å². The molecule has 1 aromatic rings. The molecule has 1 rings (SSSR count). The van der Waals surface area contributed by atoms with Gasteiger partial charge in [0.25, 0.3) is 0 Å². The fourth-order valence-electron chi connectivity index (χ4n) is 0.463. The van der Waals surface area contributed by atoms with Gasteiger partial charge in [0.05, 0.1) is 0 Å².